The van der Waals surface area contributed by atoms with Gasteiger partial charge in [-0.15, -0.1) is 0 Å². The highest BCUT2D eigenvalue weighted by molar-refractivity contribution is 6.28. The quantitative estimate of drug-likeness (QED) is 0.574. The minimum absolute atomic E-state index is 0.0115. The van der Waals surface area contributed by atoms with E-state index in [1.807, 2.05) is 19.9 Å². The van der Waals surface area contributed by atoms with Crippen LogP contribution in [0.3, 0.4) is 0 Å². The van der Waals surface area contributed by atoms with Crippen LogP contribution in [0, 0.1) is 18.3 Å². The lowest BCUT2D eigenvalue weighted by Gasteiger charge is -2.42. The van der Waals surface area contributed by atoms with Crippen molar-refractivity contribution in [3.05, 3.63) is 28.3 Å². The van der Waals surface area contributed by atoms with Crippen LogP contribution in [0.1, 0.15) is 70.6 Å². The van der Waals surface area contributed by atoms with Gasteiger partial charge >= 0.3 is 0 Å². The van der Waals surface area contributed by atoms with Gasteiger partial charge in [0.1, 0.15) is 0 Å². The van der Waals surface area contributed by atoms with E-state index >= 15 is 0 Å². The van der Waals surface area contributed by atoms with Crippen molar-refractivity contribution < 1.29 is 4.79 Å². The predicted molar refractivity (Wildman–Crippen MR) is 103 cm³/mol. The summed E-state index contributed by atoms with van der Waals surface area (Å²) in [6, 6.07) is 0. The molecule has 0 aliphatic heterocycles. The average molecular weight is 364 g/mol. The molecule has 1 fully saturated rings. The Kier molecular flexibility index (Phi) is 7.00. The maximum atomic E-state index is 12.6. The normalized spacial score (nSPS) is 18.7. The molecule has 0 saturated heterocycles. The van der Waals surface area contributed by atoms with Gasteiger partial charge in [0.05, 0.1) is 0 Å². The molecule has 1 aliphatic rings. The molecule has 25 heavy (non-hydrogen) atoms. The summed E-state index contributed by atoms with van der Waals surface area (Å²) >= 11 is 5.79. The molecule has 1 unspecified atom stereocenters. The molecule has 1 aromatic heterocycles. The first-order valence-corrected chi connectivity index (χ1v) is 9.71. The van der Waals surface area contributed by atoms with Gasteiger partial charge in [0.2, 0.25) is 11.2 Å². The maximum absolute atomic E-state index is 12.6. The van der Waals surface area contributed by atoms with Crippen molar-refractivity contribution in [1.82, 2.24) is 15.3 Å². The topological polar surface area (TPSA) is 54.9 Å². The Hall–Kier alpha value is -1.42. The summed E-state index contributed by atoms with van der Waals surface area (Å²) in [4.78, 5) is 20.7. The van der Waals surface area contributed by atoms with Crippen molar-refractivity contribution in [3.63, 3.8) is 0 Å². The lowest BCUT2D eigenvalue weighted by atomic mass is 9.65. The molecule has 4 nitrogen and oxygen atoms in total. The fraction of sp³-hybridized carbons (Fsp3) is 0.650. The molecule has 1 atom stereocenters. The Bertz CT molecular complexity index is 636. The van der Waals surface area contributed by atoms with Crippen LogP contribution >= 0.6 is 11.6 Å². The fourth-order valence-corrected chi connectivity index (χ4v) is 3.99. The molecule has 5 heteroatoms. The van der Waals surface area contributed by atoms with Crippen molar-refractivity contribution in [2.24, 2.45) is 11.3 Å². The summed E-state index contributed by atoms with van der Waals surface area (Å²) in [5.74, 6) is 0.617. The molecule has 0 bridgehead atoms. The maximum Gasteiger partial charge on any atom is 0.246 e. The summed E-state index contributed by atoms with van der Waals surface area (Å²) in [6.07, 6.45) is 10.9. The fourth-order valence-electron chi connectivity index (χ4n) is 3.82. The van der Waals surface area contributed by atoms with E-state index in [0.29, 0.717) is 11.5 Å². The molecule has 0 spiro atoms. The van der Waals surface area contributed by atoms with Crippen LogP contribution in [-0.2, 0) is 4.79 Å². The summed E-state index contributed by atoms with van der Waals surface area (Å²) in [6.45, 7) is 9.04. The highest BCUT2D eigenvalue weighted by Crippen LogP contribution is 2.43. The van der Waals surface area contributed by atoms with Gasteiger partial charge in [-0.3, -0.25) is 4.79 Å². The first-order valence-electron chi connectivity index (χ1n) is 9.33. The number of aromatic nitrogens is 2. The second kappa shape index (κ2) is 8.79. The van der Waals surface area contributed by atoms with E-state index in [4.69, 9.17) is 11.6 Å². The SMILES string of the molecule is CCC(C)C1(CNC(=O)/C(C)=C/c2cnc(Cl)nc2C)CCCCC1. The molecule has 1 heterocycles. The molecular formula is C20H30ClN3O. The summed E-state index contributed by atoms with van der Waals surface area (Å²) in [5.41, 5.74) is 2.52. The number of nitrogens with zero attached hydrogens (tertiary/aromatic N) is 2. The highest BCUT2D eigenvalue weighted by Gasteiger charge is 2.36. The van der Waals surface area contributed by atoms with Crippen molar-refractivity contribution in [3.8, 4) is 0 Å². The zero-order chi connectivity index (χ0) is 18.4. The lowest BCUT2D eigenvalue weighted by Crippen LogP contribution is -2.43. The van der Waals surface area contributed by atoms with Gasteiger partial charge in [-0.2, -0.15) is 0 Å². The zero-order valence-electron chi connectivity index (χ0n) is 15.9. The molecule has 1 amide bonds. The minimum atomic E-state index is -0.0115. The van der Waals surface area contributed by atoms with Crippen molar-refractivity contribution >= 4 is 23.6 Å². The standard InChI is InChI=1S/C20H30ClN3O/c1-5-15(3)20(9-7-6-8-10-20)13-23-18(25)14(2)11-17-12-22-19(21)24-16(17)4/h11-12,15H,5-10,13H2,1-4H3,(H,23,25)/b14-11+. The van der Waals surface area contributed by atoms with E-state index in [2.05, 4.69) is 29.1 Å². The molecule has 1 aromatic rings. The Labute approximate surface area is 156 Å². The first kappa shape index (κ1) is 19.9. The van der Waals surface area contributed by atoms with Crippen molar-refractivity contribution in [2.75, 3.05) is 6.54 Å². The van der Waals surface area contributed by atoms with Crippen molar-refractivity contribution in [1.29, 1.82) is 0 Å². The van der Waals surface area contributed by atoms with Crippen LogP contribution in [0.25, 0.3) is 6.08 Å². The number of carbonyl (C=O) groups is 1. The Morgan fingerprint density at radius 3 is 2.68 bits per heavy atom. The molecule has 0 radical (unpaired) electrons. The smallest absolute Gasteiger partial charge is 0.246 e. The summed E-state index contributed by atoms with van der Waals surface area (Å²) < 4.78 is 0. The van der Waals surface area contributed by atoms with Gasteiger partial charge in [-0.1, -0.05) is 39.5 Å². The number of rotatable bonds is 6. The van der Waals surface area contributed by atoms with Gasteiger partial charge in [-0.25, -0.2) is 9.97 Å². The highest BCUT2D eigenvalue weighted by atomic mass is 35.5. The lowest BCUT2D eigenvalue weighted by molar-refractivity contribution is -0.118. The molecule has 1 N–H and O–H groups in total. The Balaban J connectivity index is 2.05. The first-order chi connectivity index (χ1) is 11.9. The van der Waals surface area contributed by atoms with Crippen molar-refractivity contribution in [2.45, 2.75) is 66.2 Å². The number of nitrogens with one attached hydrogen (secondary N) is 1. The predicted octanol–water partition coefficient (Wildman–Crippen LogP) is 4.95. The van der Waals surface area contributed by atoms with E-state index in [1.54, 1.807) is 6.20 Å². The van der Waals surface area contributed by atoms with E-state index in [1.165, 1.54) is 32.1 Å². The second-order valence-corrected chi connectivity index (χ2v) is 7.76. The molecule has 0 aromatic carbocycles. The van der Waals surface area contributed by atoms with E-state index < -0.39 is 0 Å². The average Bonchev–Trinajstić information content (AvgIpc) is 2.62. The van der Waals surface area contributed by atoms with E-state index in [-0.39, 0.29) is 16.6 Å². The second-order valence-electron chi connectivity index (χ2n) is 7.42. The molecular weight excluding hydrogens is 334 g/mol. The zero-order valence-corrected chi connectivity index (χ0v) is 16.6. The number of halogens is 1. The number of amides is 1. The van der Waals surface area contributed by atoms with Gasteiger partial charge in [0.15, 0.2) is 0 Å². The summed E-state index contributed by atoms with van der Waals surface area (Å²) in [7, 11) is 0. The van der Waals surface area contributed by atoms with Crippen LogP contribution in [0.2, 0.25) is 5.28 Å². The largest absolute Gasteiger partial charge is 0.352 e. The van der Waals surface area contributed by atoms with Crippen LogP contribution in [0.15, 0.2) is 11.8 Å². The van der Waals surface area contributed by atoms with Crippen LogP contribution < -0.4 is 5.32 Å². The molecule has 2 rings (SSSR count). The monoisotopic (exact) mass is 363 g/mol. The minimum Gasteiger partial charge on any atom is -0.352 e. The Morgan fingerprint density at radius 1 is 1.40 bits per heavy atom. The number of aryl methyl sites for hydroxylation is 1. The third-order valence-corrected chi connectivity index (χ3v) is 6.01. The van der Waals surface area contributed by atoms with Crippen LogP contribution in [-0.4, -0.2) is 22.4 Å². The van der Waals surface area contributed by atoms with E-state index in [0.717, 1.165) is 24.2 Å². The van der Waals surface area contributed by atoms with Gasteiger partial charge in [0, 0.05) is 29.6 Å². The van der Waals surface area contributed by atoms with Crippen LogP contribution in [0.5, 0.6) is 0 Å². The summed E-state index contributed by atoms with van der Waals surface area (Å²) in [5, 5.41) is 3.41. The van der Waals surface area contributed by atoms with Gasteiger partial charge < -0.3 is 5.32 Å². The van der Waals surface area contributed by atoms with Gasteiger partial charge in [0.25, 0.3) is 0 Å². The molecule has 1 aliphatic carbocycles. The number of carbonyl (C=O) groups excluding carboxylic acids is 1. The number of hydrogen-bond donors (Lipinski definition) is 1. The third kappa shape index (κ3) is 5.04. The number of hydrogen-bond acceptors (Lipinski definition) is 3. The van der Waals surface area contributed by atoms with Crippen LogP contribution in [0.4, 0.5) is 0 Å². The Morgan fingerprint density at radius 2 is 2.08 bits per heavy atom. The molecule has 1 saturated carbocycles. The van der Waals surface area contributed by atoms with E-state index in [9.17, 15) is 4.79 Å². The van der Waals surface area contributed by atoms with Gasteiger partial charge in [-0.05, 0) is 55.7 Å². The third-order valence-electron chi connectivity index (χ3n) is 5.83. The molecule has 138 valence electrons.